The molecular formula is C29H48O4. The average Bonchev–Trinajstić information content (AvgIpc) is 2.82. The number of unbranched alkanes of at least 4 members (excludes halogenated alkanes) is 11. The number of hydrogen-bond acceptors (Lipinski definition) is 4. The van der Waals surface area contributed by atoms with Gasteiger partial charge in [0.05, 0.1) is 17.7 Å². The van der Waals surface area contributed by atoms with Crippen LogP contribution >= 0.6 is 0 Å². The first-order valence-corrected chi connectivity index (χ1v) is 13.6. The Bertz CT molecular complexity index is 634. The molecule has 4 heteroatoms. The first-order valence-electron chi connectivity index (χ1n) is 13.6. The summed E-state index contributed by atoms with van der Waals surface area (Å²) in [6.45, 7) is 6.86. The van der Waals surface area contributed by atoms with Gasteiger partial charge in [-0.1, -0.05) is 110 Å². The minimum absolute atomic E-state index is 0.0612. The number of carbonyl (C=O) groups is 2. The van der Waals surface area contributed by atoms with Crippen LogP contribution in [-0.4, -0.2) is 24.6 Å². The average molecular weight is 461 g/mol. The van der Waals surface area contributed by atoms with E-state index < -0.39 is 0 Å². The SMILES string of the molecule is CCCCCCCCCCCCCCOC(=O)c1cccc(C(=O)OC(CCC)CCC)c1. The second kappa shape index (κ2) is 19.6. The van der Waals surface area contributed by atoms with E-state index in [9.17, 15) is 9.59 Å². The number of ether oxygens (including phenoxy) is 2. The summed E-state index contributed by atoms with van der Waals surface area (Å²) >= 11 is 0. The van der Waals surface area contributed by atoms with Crippen molar-refractivity contribution in [3.8, 4) is 0 Å². The molecule has 0 spiro atoms. The molecule has 1 rings (SSSR count). The molecule has 1 aromatic rings. The number of rotatable bonds is 20. The molecule has 0 aromatic heterocycles. The third-order valence-electron chi connectivity index (χ3n) is 6.06. The molecule has 0 unspecified atom stereocenters. The van der Waals surface area contributed by atoms with Gasteiger partial charge in [-0.25, -0.2) is 9.59 Å². The highest BCUT2D eigenvalue weighted by molar-refractivity contribution is 5.95. The summed E-state index contributed by atoms with van der Waals surface area (Å²) in [6, 6.07) is 6.68. The largest absolute Gasteiger partial charge is 0.462 e. The zero-order valence-electron chi connectivity index (χ0n) is 21.5. The molecule has 0 saturated carbocycles. The van der Waals surface area contributed by atoms with Gasteiger partial charge in [-0.3, -0.25) is 0 Å². The zero-order chi connectivity index (χ0) is 24.2. The van der Waals surface area contributed by atoms with Gasteiger partial charge in [0.25, 0.3) is 0 Å². The van der Waals surface area contributed by atoms with E-state index in [0.29, 0.717) is 17.7 Å². The van der Waals surface area contributed by atoms with Crippen molar-refractivity contribution in [1.29, 1.82) is 0 Å². The molecule has 0 amide bonds. The predicted molar refractivity (Wildman–Crippen MR) is 137 cm³/mol. The van der Waals surface area contributed by atoms with Crippen molar-refractivity contribution in [2.45, 2.75) is 130 Å². The van der Waals surface area contributed by atoms with E-state index in [1.54, 1.807) is 24.3 Å². The fourth-order valence-corrected chi connectivity index (χ4v) is 4.09. The molecule has 4 nitrogen and oxygen atoms in total. The molecule has 188 valence electrons. The molecule has 0 bridgehead atoms. The van der Waals surface area contributed by atoms with Crippen molar-refractivity contribution in [3.05, 3.63) is 35.4 Å². The summed E-state index contributed by atoms with van der Waals surface area (Å²) in [5.74, 6) is -0.733. The lowest BCUT2D eigenvalue weighted by Gasteiger charge is -2.16. The number of esters is 2. The van der Waals surface area contributed by atoms with Crippen molar-refractivity contribution in [2.75, 3.05) is 6.61 Å². The van der Waals surface area contributed by atoms with Crippen LogP contribution in [0.2, 0.25) is 0 Å². The van der Waals surface area contributed by atoms with Crippen LogP contribution < -0.4 is 0 Å². The Hall–Kier alpha value is -1.84. The van der Waals surface area contributed by atoms with Crippen LogP contribution in [0.5, 0.6) is 0 Å². The molecule has 0 saturated heterocycles. The monoisotopic (exact) mass is 460 g/mol. The molecule has 1 aromatic carbocycles. The standard InChI is InChI=1S/C29H48O4/c1-4-7-8-9-10-11-12-13-14-15-16-17-23-32-28(30)25-21-18-22-26(24-25)29(31)33-27(19-5-2)20-6-3/h18,21-22,24,27H,4-17,19-20,23H2,1-3H3. The van der Waals surface area contributed by atoms with Crippen molar-refractivity contribution in [2.24, 2.45) is 0 Å². The summed E-state index contributed by atoms with van der Waals surface area (Å²) in [6.07, 6.45) is 18.9. The number of carbonyl (C=O) groups excluding carboxylic acids is 2. The highest BCUT2D eigenvalue weighted by atomic mass is 16.5. The molecule has 0 radical (unpaired) electrons. The van der Waals surface area contributed by atoms with Gasteiger partial charge in [-0.2, -0.15) is 0 Å². The maximum Gasteiger partial charge on any atom is 0.338 e. The lowest BCUT2D eigenvalue weighted by Crippen LogP contribution is -2.18. The predicted octanol–water partition coefficient (Wildman–Crippen LogP) is 8.67. The van der Waals surface area contributed by atoms with Crippen molar-refractivity contribution in [1.82, 2.24) is 0 Å². The van der Waals surface area contributed by atoms with E-state index in [1.807, 2.05) is 0 Å². The summed E-state index contributed by atoms with van der Waals surface area (Å²) < 4.78 is 11.1. The fourth-order valence-electron chi connectivity index (χ4n) is 4.09. The van der Waals surface area contributed by atoms with E-state index in [4.69, 9.17) is 9.47 Å². The minimum atomic E-state index is -0.369. The lowest BCUT2D eigenvalue weighted by molar-refractivity contribution is 0.0258. The van der Waals surface area contributed by atoms with Gasteiger partial charge in [0.1, 0.15) is 6.10 Å². The van der Waals surface area contributed by atoms with Gasteiger partial charge < -0.3 is 9.47 Å². The van der Waals surface area contributed by atoms with Gasteiger partial charge >= 0.3 is 11.9 Å². The maximum absolute atomic E-state index is 12.5. The minimum Gasteiger partial charge on any atom is -0.462 e. The normalized spacial score (nSPS) is 11.0. The Balaban J connectivity index is 2.21. The van der Waals surface area contributed by atoms with Crippen molar-refractivity contribution in [3.63, 3.8) is 0 Å². The van der Waals surface area contributed by atoms with Gasteiger partial charge in [-0.05, 0) is 37.5 Å². The van der Waals surface area contributed by atoms with Crippen LogP contribution in [-0.2, 0) is 9.47 Å². The van der Waals surface area contributed by atoms with Crippen LogP contribution in [0.4, 0.5) is 0 Å². The van der Waals surface area contributed by atoms with Crippen molar-refractivity contribution < 1.29 is 19.1 Å². The number of hydrogen-bond donors (Lipinski definition) is 0. The van der Waals surface area contributed by atoms with Crippen LogP contribution in [0.25, 0.3) is 0 Å². The Kier molecular flexibility index (Phi) is 17.4. The third-order valence-corrected chi connectivity index (χ3v) is 6.06. The topological polar surface area (TPSA) is 52.6 Å². The summed E-state index contributed by atoms with van der Waals surface area (Å²) in [5.41, 5.74) is 0.818. The molecule has 0 heterocycles. The summed E-state index contributed by atoms with van der Waals surface area (Å²) in [7, 11) is 0. The van der Waals surface area contributed by atoms with Crippen LogP contribution in [0.15, 0.2) is 24.3 Å². The van der Waals surface area contributed by atoms with Gasteiger partial charge in [-0.15, -0.1) is 0 Å². The second-order valence-corrected chi connectivity index (χ2v) is 9.21. The van der Waals surface area contributed by atoms with Gasteiger partial charge in [0, 0.05) is 0 Å². The first-order chi connectivity index (χ1) is 16.1. The van der Waals surface area contributed by atoms with Crippen molar-refractivity contribution >= 4 is 11.9 Å². The van der Waals surface area contributed by atoms with Gasteiger partial charge in [0.2, 0.25) is 0 Å². The lowest BCUT2D eigenvalue weighted by atomic mass is 10.1. The third kappa shape index (κ3) is 14.1. The molecule has 0 N–H and O–H groups in total. The summed E-state index contributed by atoms with van der Waals surface area (Å²) in [4.78, 5) is 24.9. The van der Waals surface area contributed by atoms with Crippen LogP contribution in [0.1, 0.15) is 144 Å². The Morgan fingerprint density at radius 2 is 1.15 bits per heavy atom. The Morgan fingerprint density at radius 3 is 1.67 bits per heavy atom. The quantitative estimate of drug-likeness (QED) is 0.144. The Labute approximate surface area is 202 Å². The molecule has 0 aliphatic carbocycles. The smallest absolute Gasteiger partial charge is 0.338 e. The Morgan fingerprint density at radius 1 is 0.667 bits per heavy atom. The molecule has 0 aliphatic heterocycles. The van der Waals surface area contributed by atoms with Crippen LogP contribution in [0.3, 0.4) is 0 Å². The van der Waals surface area contributed by atoms with E-state index in [1.165, 1.54) is 64.2 Å². The molecule has 0 fully saturated rings. The molecular weight excluding hydrogens is 412 g/mol. The van der Waals surface area contributed by atoms with Gasteiger partial charge in [0.15, 0.2) is 0 Å². The second-order valence-electron chi connectivity index (χ2n) is 9.21. The number of benzene rings is 1. The fraction of sp³-hybridized carbons (Fsp3) is 0.724. The molecule has 0 aliphatic rings. The van der Waals surface area contributed by atoms with Crippen LogP contribution in [0, 0.1) is 0 Å². The highest BCUT2D eigenvalue weighted by Gasteiger charge is 2.16. The maximum atomic E-state index is 12.5. The molecule has 33 heavy (non-hydrogen) atoms. The highest BCUT2D eigenvalue weighted by Crippen LogP contribution is 2.15. The zero-order valence-corrected chi connectivity index (χ0v) is 21.5. The van der Waals surface area contributed by atoms with E-state index in [2.05, 4.69) is 20.8 Å². The molecule has 0 atom stereocenters. The van der Waals surface area contributed by atoms with E-state index in [-0.39, 0.29) is 18.0 Å². The van der Waals surface area contributed by atoms with E-state index >= 15 is 0 Å². The van der Waals surface area contributed by atoms with E-state index in [0.717, 1.165) is 38.5 Å². The first kappa shape index (κ1) is 29.2. The summed E-state index contributed by atoms with van der Waals surface area (Å²) in [5, 5.41) is 0.